The number of pyridine rings is 1. The number of sulfonamides is 2. The van der Waals surface area contributed by atoms with Crippen LogP contribution >= 0.6 is 0 Å². The van der Waals surface area contributed by atoms with Gasteiger partial charge in [-0.15, -0.1) is 0 Å². The Morgan fingerprint density at radius 2 is 2.00 bits per heavy atom. The second kappa shape index (κ2) is 11.8. The number of aliphatic hydroxyl groups is 1. The molecule has 3 aromatic rings. The molecular formula is C26H33N5O9S2. The fraction of sp³-hybridized carbons (Fsp3) is 0.462. The van der Waals surface area contributed by atoms with Crippen molar-refractivity contribution in [3.8, 4) is 5.75 Å². The molecule has 1 spiro atoms. The van der Waals surface area contributed by atoms with Gasteiger partial charge in [-0.3, -0.25) is 4.98 Å². The summed E-state index contributed by atoms with van der Waals surface area (Å²) in [5.74, 6) is 0.209. The topological polar surface area (TPSA) is 191 Å². The Bertz CT molecular complexity index is 1650. The zero-order valence-electron chi connectivity index (χ0n) is 22.8. The number of nitrogens with one attached hydrogen (secondary N) is 2. The maximum atomic E-state index is 13.3. The van der Waals surface area contributed by atoms with Crippen molar-refractivity contribution in [2.45, 2.75) is 46.8 Å². The second-order valence-electron chi connectivity index (χ2n) is 10.4. The van der Waals surface area contributed by atoms with Crippen molar-refractivity contribution < 1.29 is 41.3 Å². The molecular weight excluding hydrogens is 590 g/mol. The molecule has 5 rings (SSSR count). The van der Waals surface area contributed by atoms with Gasteiger partial charge in [0.2, 0.25) is 20.0 Å². The minimum atomic E-state index is -3.77. The number of H-pyrrole nitrogens is 1. The molecule has 14 nitrogen and oxygen atoms in total. The highest BCUT2D eigenvalue weighted by molar-refractivity contribution is 7.89. The number of aromatic nitrogens is 2. The summed E-state index contributed by atoms with van der Waals surface area (Å²) >= 11 is 0. The van der Waals surface area contributed by atoms with Gasteiger partial charge in [0.15, 0.2) is 0 Å². The van der Waals surface area contributed by atoms with Gasteiger partial charge < -0.3 is 29.6 Å². The molecule has 0 unspecified atom stereocenters. The molecule has 2 fully saturated rings. The van der Waals surface area contributed by atoms with Crippen molar-refractivity contribution in [2.24, 2.45) is 0 Å². The van der Waals surface area contributed by atoms with Crippen LogP contribution < -0.4 is 9.46 Å². The second-order valence-corrected chi connectivity index (χ2v) is 14.2. The minimum Gasteiger partial charge on any atom is -0.491 e. The van der Waals surface area contributed by atoms with E-state index in [0.717, 1.165) is 4.90 Å². The zero-order valence-corrected chi connectivity index (χ0v) is 24.5. The number of hydrogen-bond acceptors (Lipinski definition) is 9. The summed E-state index contributed by atoms with van der Waals surface area (Å²) in [5, 5.41) is 20.5. The number of benzene rings is 1. The predicted molar refractivity (Wildman–Crippen MR) is 150 cm³/mol. The van der Waals surface area contributed by atoms with Crippen molar-refractivity contribution in [2.75, 3.05) is 39.9 Å². The lowest BCUT2D eigenvalue weighted by atomic mass is 9.88. The van der Waals surface area contributed by atoms with E-state index in [9.17, 15) is 31.8 Å². The van der Waals surface area contributed by atoms with Crippen molar-refractivity contribution >= 4 is 37.2 Å². The number of nitrogens with zero attached hydrogens (tertiary/aromatic N) is 3. The Morgan fingerprint density at radius 3 is 2.71 bits per heavy atom. The van der Waals surface area contributed by atoms with Gasteiger partial charge in [-0.2, -0.15) is 4.31 Å². The number of aromatic amines is 1. The number of carbonyl (C=O) groups is 1. The molecule has 42 heavy (non-hydrogen) atoms. The number of rotatable bonds is 10. The zero-order chi connectivity index (χ0) is 30.1. The third kappa shape index (κ3) is 6.23. The monoisotopic (exact) mass is 623 g/mol. The van der Waals surface area contributed by atoms with E-state index in [-0.39, 0.29) is 48.4 Å². The van der Waals surface area contributed by atoms with Gasteiger partial charge in [0.25, 0.3) is 0 Å². The molecule has 228 valence electrons. The van der Waals surface area contributed by atoms with Gasteiger partial charge in [-0.1, -0.05) is 6.07 Å². The Kier molecular flexibility index (Phi) is 8.46. The molecule has 0 bridgehead atoms. The van der Waals surface area contributed by atoms with Crippen LogP contribution in [-0.2, 0) is 24.8 Å². The van der Waals surface area contributed by atoms with Crippen molar-refractivity contribution in [3.63, 3.8) is 0 Å². The normalized spacial score (nSPS) is 20.1. The molecule has 2 aromatic heterocycles. The van der Waals surface area contributed by atoms with E-state index in [1.54, 1.807) is 18.3 Å². The van der Waals surface area contributed by atoms with E-state index < -0.39 is 43.9 Å². The Balaban J connectivity index is 1.17. The van der Waals surface area contributed by atoms with E-state index in [1.807, 2.05) is 0 Å². The smallest absolute Gasteiger partial charge is 0.407 e. The molecule has 2 atom stereocenters. The maximum Gasteiger partial charge on any atom is 0.407 e. The molecule has 2 aliphatic heterocycles. The average molecular weight is 624 g/mol. The molecule has 1 amide bonds. The van der Waals surface area contributed by atoms with Crippen LogP contribution in [0.1, 0.15) is 19.3 Å². The van der Waals surface area contributed by atoms with Crippen molar-refractivity contribution in [1.29, 1.82) is 0 Å². The highest BCUT2D eigenvalue weighted by Gasteiger charge is 2.47. The molecule has 4 N–H and O–H groups in total. The molecule has 0 saturated carbocycles. The molecule has 0 radical (unpaired) electrons. The average Bonchev–Trinajstić information content (AvgIpc) is 3.62. The number of carboxylic acid groups (broad SMARTS) is 1. The van der Waals surface area contributed by atoms with Crippen LogP contribution in [-0.4, -0.2) is 110 Å². The first-order valence-corrected chi connectivity index (χ1v) is 16.3. The Labute approximate surface area is 243 Å². The number of fused-ring (bicyclic) bond motifs is 1. The van der Waals surface area contributed by atoms with E-state index in [2.05, 4.69) is 14.7 Å². The van der Waals surface area contributed by atoms with E-state index in [4.69, 9.17) is 9.47 Å². The number of piperidine rings is 1. The van der Waals surface area contributed by atoms with Gasteiger partial charge in [-0.05, 0) is 50.6 Å². The summed E-state index contributed by atoms with van der Waals surface area (Å²) in [6, 6.07) is 8.52. The highest BCUT2D eigenvalue weighted by Crippen LogP contribution is 2.39. The molecule has 0 aliphatic carbocycles. The standard InChI is InChI=1S/C26H33N5O9S2/c1-27-41(35,36)21-4-2-3-20(11-21)39-17-19(32)15-31(25(33)34)18-13-26(40-16-18)6-9-30(10-7-26)42(37,38)22-12-24-23(29-14-22)5-8-28-24/h2-5,8,11-12,14,18-19,27-28,32H,6-7,9-10,13,15-17H2,1H3,(H,33,34)/t18-,19+/m1/s1. The molecule has 2 saturated heterocycles. The van der Waals surface area contributed by atoms with Gasteiger partial charge in [-0.25, -0.2) is 26.4 Å². The molecule has 2 aliphatic rings. The fourth-order valence-corrected chi connectivity index (χ4v) is 7.59. The van der Waals surface area contributed by atoms with Crippen molar-refractivity contribution in [1.82, 2.24) is 23.9 Å². The van der Waals surface area contributed by atoms with Gasteiger partial charge >= 0.3 is 6.09 Å². The molecule has 16 heteroatoms. The summed E-state index contributed by atoms with van der Waals surface area (Å²) in [4.78, 5) is 20.5. The van der Waals surface area contributed by atoms with E-state index >= 15 is 0 Å². The first-order chi connectivity index (χ1) is 19.9. The lowest BCUT2D eigenvalue weighted by Gasteiger charge is -2.38. The van der Waals surface area contributed by atoms with Crippen LogP contribution in [0.5, 0.6) is 5.75 Å². The summed E-state index contributed by atoms with van der Waals surface area (Å²) in [6.07, 6.45) is 1.77. The lowest BCUT2D eigenvalue weighted by molar-refractivity contribution is -0.0319. The van der Waals surface area contributed by atoms with E-state index in [0.29, 0.717) is 30.3 Å². The number of aliphatic hydroxyl groups excluding tert-OH is 1. The molecule has 1 aromatic carbocycles. The minimum absolute atomic E-state index is 0.00495. The first-order valence-electron chi connectivity index (χ1n) is 13.3. The summed E-state index contributed by atoms with van der Waals surface area (Å²) in [7, 11) is -6.16. The highest BCUT2D eigenvalue weighted by atomic mass is 32.2. The lowest BCUT2D eigenvalue weighted by Crippen LogP contribution is -2.48. The van der Waals surface area contributed by atoms with Crippen LogP contribution in [0.15, 0.2) is 58.6 Å². The SMILES string of the molecule is CNS(=O)(=O)c1cccc(OC[C@@H](O)CN(C(=O)O)[C@H]2COC3(CCN(S(=O)(=O)c4cnc5cc[nH]c5c4)CC3)C2)c1. The Hall–Kier alpha value is -3.28. The predicted octanol–water partition coefficient (Wildman–Crippen LogP) is 1.20. The first kappa shape index (κ1) is 30.2. The van der Waals surface area contributed by atoms with Gasteiger partial charge in [0.1, 0.15) is 23.4 Å². The van der Waals surface area contributed by atoms with Crippen LogP contribution in [0.2, 0.25) is 0 Å². The number of amides is 1. The molecule has 4 heterocycles. The summed E-state index contributed by atoms with van der Waals surface area (Å²) in [5.41, 5.74) is 0.626. The third-order valence-electron chi connectivity index (χ3n) is 7.76. The maximum absolute atomic E-state index is 13.3. The summed E-state index contributed by atoms with van der Waals surface area (Å²) in [6.45, 7) is 0.0293. The third-order valence-corrected chi connectivity index (χ3v) is 11.0. The van der Waals surface area contributed by atoms with Crippen LogP contribution in [0.3, 0.4) is 0 Å². The van der Waals surface area contributed by atoms with Gasteiger partial charge in [0, 0.05) is 31.5 Å². The largest absolute Gasteiger partial charge is 0.491 e. The van der Waals surface area contributed by atoms with Gasteiger partial charge in [0.05, 0.1) is 40.7 Å². The Morgan fingerprint density at radius 1 is 1.24 bits per heavy atom. The van der Waals surface area contributed by atoms with E-state index in [1.165, 1.54) is 41.8 Å². The summed E-state index contributed by atoms with van der Waals surface area (Å²) < 4.78 is 65.8. The van der Waals surface area contributed by atoms with Crippen LogP contribution in [0.25, 0.3) is 11.0 Å². The number of ether oxygens (including phenoxy) is 2. The number of hydrogen-bond donors (Lipinski definition) is 4. The van der Waals surface area contributed by atoms with Crippen molar-refractivity contribution in [3.05, 3.63) is 48.8 Å². The van der Waals surface area contributed by atoms with Crippen LogP contribution in [0.4, 0.5) is 4.79 Å². The fourth-order valence-electron chi connectivity index (χ4n) is 5.41. The quantitative estimate of drug-likeness (QED) is 0.255. The van der Waals surface area contributed by atoms with Crippen LogP contribution in [0, 0.1) is 0 Å².